The van der Waals surface area contributed by atoms with Crippen molar-refractivity contribution in [2.75, 3.05) is 0 Å². The lowest BCUT2D eigenvalue weighted by atomic mass is 10.2. The van der Waals surface area contributed by atoms with Crippen LogP contribution in [0.15, 0.2) is 46.6 Å². The van der Waals surface area contributed by atoms with Crippen LogP contribution in [0.25, 0.3) is 11.0 Å². The first-order valence-corrected chi connectivity index (χ1v) is 5.77. The number of fused-ring (bicyclic) bond motifs is 1. The minimum Gasteiger partial charge on any atom is -0.506 e. The number of benzene rings is 2. The average molecular weight is 267 g/mol. The molecule has 0 saturated heterocycles. The molecule has 3 rings (SSSR count). The summed E-state index contributed by atoms with van der Waals surface area (Å²) >= 11 is 0. The zero-order valence-corrected chi connectivity index (χ0v) is 10.2. The zero-order valence-electron chi connectivity index (χ0n) is 10.2. The molecule has 0 saturated carbocycles. The van der Waals surface area contributed by atoms with Gasteiger partial charge in [-0.15, -0.1) is 5.11 Å². The van der Waals surface area contributed by atoms with Crippen LogP contribution in [0.2, 0.25) is 0 Å². The van der Waals surface area contributed by atoms with Crippen LogP contribution < -0.4 is 0 Å². The Balaban J connectivity index is 1.92. The molecule has 0 amide bonds. The number of H-pyrrole nitrogens is 1. The first-order valence-electron chi connectivity index (χ1n) is 5.77. The van der Waals surface area contributed by atoms with Crippen LogP contribution in [-0.2, 0) is 0 Å². The van der Waals surface area contributed by atoms with Crippen molar-refractivity contribution in [3.63, 3.8) is 0 Å². The number of nitrogens with zero attached hydrogens (tertiary/aromatic N) is 4. The Hall–Kier alpha value is -3.09. The van der Waals surface area contributed by atoms with Gasteiger partial charge in [0, 0.05) is 11.6 Å². The average Bonchev–Trinajstić information content (AvgIpc) is 2.92. The SMILES string of the molecule is O=Cc1ccc(N=Nc2cc3n[nH]nc3cc2O)cc1. The summed E-state index contributed by atoms with van der Waals surface area (Å²) in [6.45, 7) is 0. The number of nitrogens with one attached hydrogen (secondary N) is 1. The second-order valence-corrected chi connectivity index (χ2v) is 4.06. The summed E-state index contributed by atoms with van der Waals surface area (Å²) in [4.78, 5) is 10.5. The fourth-order valence-electron chi connectivity index (χ4n) is 1.68. The maximum Gasteiger partial charge on any atom is 0.150 e. The van der Waals surface area contributed by atoms with Gasteiger partial charge in [-0.25, -0.2) is 0 Å². The number of aromatic amines is 1. The molecule has 0 fully saturated rings. The second-order valence-electron chi connectivity index (χ2n) is 4.06. The number of aromatic hydroxyl groups is 1. The van der Waals surface area contributed by atoms with Gasteiger partial charge in [0.05, 0.1) is 5.69 Å². The van der Waals surface area contributed by atoms with E-state index in [1.807, 2.05) is 0 Å². The number of hydrogen-bond donors (Lipinski definition) is 2. The van der Waals surface area contributed by atoms with Crippen molar-refractivity contribution in [2.24, 2.45) is 10.2 Å². The molecule has 98 valence electrons. The third kappa shape index (κ3) is 2.24. The molecule has 0 aliphatic carbocycles. The fourth-order valence-corrected chi connectivity index (χ4v) is 1.68. The van der Waals surface area contributed by atoms with E-state index in [0.717, 1.165) is 6.29 Å². The summed E-state index contributed by atoms with van der Waals surface area (Å²) in [6, 6.07) is 9.65. The number of carbonyl (C=O) groups excluding carboxylic acids is 1. The van der Waals surface area contributed by atoms with Gasteiger partial charge in [0.1, 0.15) is 28.8 Å². The number of hydrogen-bond acceptors (Lipinski definition) is 6. The van der Waals surface area contributed by atoms with Gasteiger partial charge < -0.3 is 5.11 Å². The van der Waals surface area contributed by atoms with E-state index in [2.05, 4.69) is 25.6 Å². The summed E-state index contributed by atoms with van der Waals surface area (Å²) in [6.07, 6.45) is 0.755. The highest BCUT2D eigenvalue weighted by Crippen LogP contribution is 2.31. The number of carbonyl (C=O) groups is 1. The minimum atomic E-state index is -0.0281. The van der Waals surface area contributed by atoms with E-state index in [-0.39, 0.29) is 5.75 Å². The molecule has 2 N–H and O–H groups in total. The van der Waals surface area contributed by atoms with Crippen molar-refractivity contribution in [3.8, 4) is 5.75 Å². The summed E-state index contributed by atoms with van der Waals surface area (Å²) in [7, 11) is 0. The topological polar surface area (TPSA) is 104 Å². The Kier molecular flexibility index (Phi) is 2.92. The highest BCUT2D eigenvalue weighted by molar-refractivity contribution is 5.80. The van der Waals surface area contributed by atoms with E-state index in [4.69, 9.17) is 0 Å². The molecule has 0 atom stereocenters. The van der Waals surface area contributed by atoms with E-state index >= 15 is 0 Å². The van der Waals surface area contributed by atoms with Crippen LogP contribution in [0, 0.1) is 0 Å². The third-order valence-electron chi connectivity index (χ3n) is 2.72. The third-order valence-corrected chi connectivity index (χ3v) is 2.72. The lowest BCUT2D eigenvalue weighted by molar-refractivity contribution is 0.112. The Morgan fingerprint density at radius 2 is 1.75 bits per heavy atom. The molecule has 0 unspecified atom stereocenters. The molecule has 7 heteroatoms. The van der Waals surface area contributed by atoms with Crippen LogP contribution in [0.3, 0.4) is 0 Å². The highest BCUT2D eigenvalue weighted by atomic mass is 16.3. The van der Waals surface area contributed by atoms with E-state index < -0.39 is 0 Å². The normalized spacial score (nSPS) is 11.2. The van der Waals surface area contributed by atoms with E-state index in [0.29, 0.717) is 28.0 Å². The Morgan fingerprint density at radius 1 is 1.05 bits per heavy atom. The molecule has 0 bridgehead atoms. The molecule has 7 nitrogen and oxygen atoms in total. The smallest absolute Gasteiger partial charge is 0.150 e. The van der Waals surface area contributed by atoms with E-state index in [1.165, 1.54) is 6.07 Å². The molecule has 0 aliphatic rings. The molecule has 0 radical (unpaired) electrons. The van der Waals surface area contributed by atoms with Crippen LogP contribution in [0.4, 0.5) is 11.4 Å². The maximum atomic E-state index is 10.5. The second kappa shape index (κ2) is 4.88. The molecule has 1 aromatic heterocycles. The summed E-state index contributed by atoms with van der Waals surface area (Å²) in [5.41, 5.74) is 2.58. The van der Waals surface area contributed by atoms with Crippen molar-refractivity contribution in [1.82, 2.24) is 15.4 Å². The van der Waals surface area contributed by atoms with E-state index in [9.17, 15) is 9.90 Å². The number of phenols is 1. The number of azo groups is 1. The molecule has 2 aromatic carbocycles. The Bertz CT molecular complexity index is 792. The number of aromatic nitrogens is 3. The number of phenolic OH excluding ortho intramolecular Hbond substituents is 1. The highest BCUT2D eigenvalue weighted by Gasteiger charge is 2.06. The van der Waals surface area contributed by atoms with Gasteiger partial charge in [-0.2, -0.15) is 20.5 Å². The van der Waals surface area contributed by atoms with Gasteiger partial charge in [0.25, 0.3) is 0 Å². The lowest BCUT2D eigenvalue weighted by Crippen LogP contribution is -1.75. The van der Waals surface area contributed by atoms with Crippen LogP contribution in [0.1, 0.15) is 10.4 Å². The van der Waals surface area contributed by atoms with Gasteiger partial charge in [-0.05, 0) is 30.3 Å². The Morgan fingerprint density at radius 3 is 2.45 bits per heavy atom. The van der Waals surface area contributed by atoms with Crippen LogP contribution in [0.5, 0.6) is 5.75 Å². The molecular formula is C13H9N5O2. The van der Waals surface area contributed by atoms with Gasteiger partial charge in [-0.1, -0.05) is 0 Å². The Labute approximate surface area is 113 Å². The van der Waals surface area contributed by atoms with Crippen molar-refractivity contribution in [3.05, 3.63) is 42.0 Å². The van der Waals surface area contributed by atoms with Crippen LogP contribution in [-0.4, -0.2) is 26.8 Å². The first-order chi connectivity index (χ1) is 9.76. The standard InChI is InChI=1S/C13H9N5O2/c19-7-8-1-3-9(4-2-8)14-15-12-5-10-11(6-13(12)20)17-18-16-10/h1-7,20H,(H,16,17,18). The quantitative estimate of drug-likeness (QED) is 0.562. The van der Waals surface area contributed by atoms with Gasteiger partial charge >= 0.3 is 0 Å². The van der Waals surface area contributed by atoms with Gasteiger partial charge in [0.2, 0.25) is 0 Å². The summed E-state index contributed by atoms with van der Waals surface area (Å²) in [5, 5.41) is 28.0. The van der Waals surface area contributed by atoms with Crippen molar-refractivity contribution >= 4 is 28.7 Å². The zero-order chi connectivity index (χ0) is 13.9. The van der Waals surface area contributed by atoms with Crippen molar-refractivity contribution in [1.29, 1.82) is 0 Å². The first kappa shape index (κ1) is 12.0. The van der Waals surface area contributed by atoms with Crippen LogP contribution >= 0.6 is 0 Å². The molecule has 20 heavy (non-hydrogen) atoms. The molecule has 0 aliphatic heterocycles. The number of rotatable bonds is 3. The monoisotopic (exact) mass is 267 g/mol. The summed E-state index contributed by atoms with van der Waals surface area (Å²) < 4.78 is 0. The predicted octanol–water partition coefficient (Wildman–Crippen LogP) is 2.89. The summed E-state index contributed by atoms with van der Waals surface area (Å²) in [5.74, 6) is -0.0281. The largest absolute Gasteiger partial charge is 0.506 e. The molecule has 3 aromatic rings. The molecule has 0 spiro atoms. The van der Waals surface area contributed by atoms with Gasteiger partial charge in [-0.3, -0.25) is 4.79 Å². The minimum absolute atomic E-state index is 0.0281. The number of aldehydes is 1. The maximum absolute atomic E-state index is 10.5. The molecular weight excluding hydrogens is 258 g/mol. The fraction of sp³-hybridized carbons (Fsp3) is 0. The predicted molar refractivity (Wildman–Crippen MR) is 71.6 cm³/mol. The van der Waals surface area contributed by atoms with Gasteiger partial charge in [0.15, 0.2) is 0 Å². The lowest BCUT2D eigenvalue weighted by Gasteiger charge is -1.97. The van der Waals surface area contributed by atoms with E-state index in [1.54, 1.807) is 30.3 Å². The molecule has 1 heterocycles. The van der Waals surface area contributed by atoms with Crippen molar-refractivity contribution < 1.29 is 9.90 Å². The van der Waals surface area contributed by atoms with Crippen molar-refractivity contribution in [2.45, 2.75) is 0 Å².